The molecule has 19 heavy (non-hydrogen) atoms. The summed E-state index contributed by atoms with van der Waals surface area (Å²) in [4.78, 5) is 11.7. The standard InChI is InChI=1S/C15H20ClNO2/c1-15(19,12-6-7-12)10-17-14(18)8-5-11-3-2-4-13(16)9-11/h2-4,9,12,19H,5-8,10H2,1H3,(H,17,18)/t15-/m1/s1. The number of benzene rings is 1. The van der Waals surface area contributed by atoms with Crippen molar-refractivity contribution in [2.75, 3.05) is 6.54 Å². The molecule has 1 aromatic carbocycles. The molecule has 2 N–H and O–H groups in total. The van der Waals surface area contributed by atoms with Gasteiger partial charge in [0.05, 0.1) is 5.60 Å². The second-order valence-electron chi connectivity index (χ2n) is 5.54. The SMILES string of the molecule is C[C@@](O)(CNC(=O)CCc1cccc(Cl)c1)C1CC1. The van der Waals surface area contributed by atoms with Gasteiger partial charge in [-0.1, -0.05) is 23.7 Å². The first-order chi connectivity index (χ1) is 8.97. The van der Waals surface area contributed by atoms with Gasteiger partial charge in [-0.25, -0.2) is 0 Å². The molecule has 1 saturated carbocycles. The van der Waals surface area contributed by atoms with Gasteiger partial charge in [-0.15, -0.1) is 0 Å². The molecule has 0 saturated heterocycles. The molecule has 4 heteroatoms. The molecule has 0 aromatic heterocycles. The molecule has 0 radical (unpaired) electrons. The van der Waals surface area contributed by atoms with Crippen molar-refractivity contribution >= 4 is 17.5 Å². The van der Waals surface area contributed by atoms with E-state index in [0.29, 0.717) is 30.3 Å². The Balaban J connectivity index is 1.72. The Labute approximate surface area is 119 Å². The lowest BCUT2D eigenvalue weighted by atomic mass is 10.0. The summed E-state index contributed by atoms with van der Waals surface area (Å²) < 4.78 is 0. The number of carbonyl (C=O) groups is 1. The molecular weight excluding hydrogens is 262 g/mol. The fraction of sp³-hybridized carbons (Fsp3) is 0.533. The van der Waals surface area contributed by atoms with E-state index in [4.69, 9.17) is 11.6 Å². The molecule has 1 aromatic rings. The van der Waals surface area contributed by atoms with Crippen LogP contribution in [0.5, 0.6) is 0 Å². The van der Waals surface area contributed by atoms with Crippen LogP contribution in [-0.4, -0.2) is 23.2 Å². The fourth-order valence-electron chi connectivity index (χ4n) is 2.17. The number of aliphatic hydroxyl groups is 1. The van der Waals surface area contributed by atoms with E-state index >= 15 is 0 Å². The van der Waals surface area contributed by atoms with Gasteiger partial charge >= 0.3 is 0 Å². The Morgan fingerprint density at radius 1 is 1.53 bits per heavy atom. The highest BCUT2D eigenvalue weighted by Gasteiger charge is 2.39. The van der Waals surface area contributed by atoms with Gasteiger partial charge in [-0.3, -0.25) is 4.79 Å². The Bertz CT molecular complexity index is 455. The van der Waals surface area contributed by atoms with Crippen molar-refractivity contribution in [3.8, 4) is 0 Å². The summed E-state index contributed by atoms with van der Waals surface area (Å²) in [5, 5.41) is 13.6. The number of aryl methyl sites for hydroxylation is 1. The Hall–Kier alpha value is -1.06. The molecule has 0 unspecified atom stereocenters. The summed E-state index contributed by atoms with van der Waals surface area (Å²) in [6, 6.07) is 7.53. The van der Waals surface area contributed by atoms with E-state index in [-0.39, 0.29) is 5.91 Å². The Kier molecular flexibility index (Phi) is 4.48. The molecule has 0 heterocycles. The van der Waals surface area contributed by atoms with Crippen molar-refractivity contribution in [2.45, 2.75) is 38.2 Å². The summed E-state index contributed by atoms with van der Waals surface area (Å²) in [5.74, 6) is 0.321. The van der Waals surface area contributed by atoms with Crippen LogP contribution in [0.25, 0.3) is 0 Å². The molecular formula is C15H20ClNO2. The number of hydrogen-bond donors (Lipinski definition) is 2. The Morgan fingerprint density at radius 2 is 2.26 bits per heavy atom. The predicted molar refractivity (Wildman–Crippen MR) is 76.1 cm³/mol. The molecule has 1 amide bonds. The second-order valence-corrected chi connectivity index (χ2v) is 5.97. The van der Waals surface area contributed by atoms with Crippen LogP contribution < -0.4 is 5.32 Å². The van der Waals surface area contributed by atoms with Gasteiger partial charge in [0.15, 0.2) is 0 Å². The Morgan fingerprint density at radius 3 is 2.89 bits per heavy atom. The van der Waals surface area contributed by atoms with Crippen LogP contribution in [0.15, 0.2) is 24.3 Å². The van der Waals surface area contributed by atoms with Crippen molar-refractivity contribution in [1.29, 1.82) is 0 Å². The smallest absolute Gasteiger partial charge is 0.220 e. The average Bonchev–Trinajstić information content (AvgIpc) is 3.18. The van der Waals surface area contributed by atoms with Gasteiger partial charge in [0.1, 0.15) is 0 Å². The van der Waals surface area contributed by atoms with Crippen LogP contribution in [0.2, 0.25) is 5.02 Å². The van der Waals surface area contributed by atoms with Crippen molar-refractivity contribution in [3.63, 3.8) is 0 Å². The summed E-state index contributed by atoms with van der Waals surface area (Å²) in [6.07, 6.45) is 3.20. The van der Waals surface area contributed by atoms with Crippen LogP contribution in [0.4, 0.5) is 0 Å². The molecule has 3 nitrogen and oxygen atoms in total. The van der Waals surface area contributed by atoms with E-state index in [1.165, 1.54) is 0 Å². The topological polar surface area (TPSA) is 49.3 Å². The molecule has 104 valence electrons. The van der Waals surface area contributed by atoms with Gasteiger partial charge < -0.3 is 10.4 Å². The van der Waals surface area contributed by atoms with E-state index in [2.05, 4.69) is 5.32 Å². The van der Waals surface area contributed by atoms with Crippen LogP contribution in [0, 0.1) is 5.92 Å². The van der Waals surface area contributed by atoms with Gasteiger partial charge in [-0.05, 0) is 49.8 Å². The monoisotopic (exact) mass is 281 g/mol. The zero-order valence-corrected chi connectivity index (χ0v) is 11.9. The van der Waals surface area contributed by atoms with Gasteiger partial charge in [0, 0.05) is 18.0 Å². The first-order valence-electron chi connectivity index (χ1n) is 6.71. The number of carbonyl (C=O) groups excluding carboxylic acids is 1. The fourth-order valence-corrected chi connectivity index (χ4v) is 2.38. The quantitative estimate of drug-likeness (QED) is 0.842. The molecule has 1 aliphatic rings. The molecule has 2 rings (SSSR count). The first kappa shape index (κ1) is 14.4. The van der Waals surface area contributed by atoms with E-state index < -0.39 is 5.60 Å². The molecule has 1 aliphatic carbocycles. The highest BCUT2D eigenvalue weighted by molar-refractivity contribution is 6.30. The second kappa shape index (κ2) is 5.93. The highest BCUT2D eigenvalue weighted by Crippen LogP contribution is 2.38. The van der Waals surface area contributed by atoms with Gasteiger partial charge in [0.25, 0.3) is 0 Å². The van der Waals surface area contributed by atoms with E-state index in [1.807, 2.05) is 24.3 Å². The zero-order valence-electron chi connectivity index (χ0n) is 11.2. The third-order valence-corrected chi connectivity index (χ3v) is 3.87. The maximum atomic E-state index is 11.7. The summed E-state index contributed by atoms with van der Waals surface area (Å²) >= 11 is 5.89. The van der Waals surface area contributed by atoms with Crippen molar-refractivity contribution in [3.05, 3.63) is 34.9 Å². The zero-order chi connectivity index (χ0) is 13.9. The third kappa shape index (κ3) is 4.51. The van der Waals surface area contributed by atoms with Gasteiger partial charge in [0.2, 0.25) is 5.91 Å². The lowest BCUT2D eigenvalue weighted by Crippen LogP contribution is -2.42. The molecule has 0 aliphatic heterocycles. The molecule has 1 atom stereocenters. The number of nitrogens with one attached hydrogen (secondary N) is 1. The van der Waals surface area contributed by atoms with Crippen LogP contribution >= 0.6 is 11.6 Å². The minimum atomic E-state index is -0.758. The first-order valence-corrected chi connectivity index (χ1v) is 7.09. The number of halogens is 1. The number of hydrogen-bond acceptors (Lipinski definition) is 2. The third-order valence-electron chi connectivity index (χ3n) is 3.63. The summed E-state index contributed by atoms with van der Waals surface area (Å²) in [6.45, 7) is 2.13. The number of amides is 1. The van der Waals surface area contributed by atoms with Crippen molar-refractivity contribution in [2.24, 2.45) is 5.92 Å². The van der Waals surface area contributed by atoms with Crippen LogP contribution in [-0.2, 0) is 11.2 Å². The largest absolute Gasteiger partial charge is 0.388 e. The van der Waals surface area contributed by atoms with Gasteiger partial charge in [-0.2, -0.15) is 0 Å². The van der Waals surface area contributed by atoms with Crippen LogP contribution in [0.1, 0.15) is 31.7 Å². The normalized spacial score (nSPS) is 17.8. The lowest BCUT2D eigenvalue weighted by molar-refractivity contribution is -0.122. The van der Waals surface area contributed by atoms with E-state index in [0.717, 1.165) is 18.4 Å². The van der Waals surface area contributed by atoms with Crippen LogP contribution in [0.3, 0.4) is 0 Å². The van der Waals surface area contributed by atoms with E-state index in [1.54, 1.807) is 6.92 Å². The lowest BCUT2D eigenvalue weighted by Gasteiger charge is -2.23. The maximum absolute atomic E-state index is 11.7. The predicted octanol–water partition coefficient (Wildman–Crippen LogP) is 2.55. The van der Waals surface area contributed by atoms with E-state index in [9.17, 15) is 9.90 Å². The number of rotatable bonds is 6. The minimum Gasteiger partial charge on any atom is -0.388 e. The average molecular weight is 282 g/mol. The highest BCUT2D eigenvalue weighted by atomic mass is 35.5. The minimum absolute atomic E-state index is 0.0269. The maximum Gasteiger partial charge on any atom is 0.220 e. The summed E-state index contributed by atoms with van der Waals surface area (Å²) in [7, 11) is 0. The van der Waals surface area contributed by atoms with Crippen molar-refractivity contribution in [1.82, 2.24) is 5.32 Å². The molecule has 1 fully saturated rings. The van der Waals surface area contributed by atoms with Crippen molar-refractivity contribution < 1.29 is 9.90 Å². The summed E-state index contributed by atoms with van der Waals surface area (Å²) in [5.41, 5.74) is 0.294. The molecule has 0 spiro atoms. The molecule has 0 bridgehead atoms.